The number of rotatable bonds is 1. The molecule has 1 aromatic rings. The lowest BCUT2D eigenvalue weighted by molar-refractivity contribution is -0.139. The Kier molecular flexibility index (Phi) is 3.69. The summed E-state index contributed by atoms with van der Waals surface area (Å²) in [7, 11) is 1.26. The Morgan fingerprint density at radius 3 is 2.87 bits per heavy atom. The highest BCUT2D eigenvalue weighted by molar-refractivity contribution is 5.72. The number of phenolic OH excluding ortho intramolecular Hbond substituents is 1. The van der Waals surface area contributed by atoms with E-state index in [1.807, 2.05) is 0 Å². The average molecular weight is 208 g/mol. The minimum atomic E-state index is -0.572. The number of halogens is 1. The molecule has 0 aromatic heterocycles. The van der Waals surface area contributed by atoms with Crippen molar-refractivity contribution < 1.29 is 19.0 Å². The Bertz CT molecular complexity index is 409. The van der Waals surface area contributed by atoms with E-state index in [9.17, 15) is 9.18 Å². The topological polar surface area (TPSA) is 46.5 Å². The van der Waals surface area contributed by atoms with Gasteiger partial charge in [0.15, 0.2) is 0 Å². The van der Waals surface area contributed by atoms with Gasteiger partial charge in [-0.1, -0.05) is 11.8 Å². The summed E-state index contributed by atoms with van der Waals surface area (Å²) in [6.45, 7) is 0. The minimum absolute atomic E-state index is 0.0617. The summed E-state index contributed by atoms with van der Waals surface area (Å²) in [6, 6.07) is 3.46. The van der Waals surface area contributed by atoms with Crippen LogP contribution in [0.2, 0.25) is 0 Å². The molecule has 0 unspecified atom stereocenters. The van der Waals surface area contributed by atoms with Crippen LogP contribution in [0.25, 0.3) is 0 Å². The third kappa shape index (κ3) is 3.69. The van der Waals surface area contributed by atoms with Crippen LogP contribution >= 0.6 is 0 Å². The maximum absolute atomic E-state index is 12.8. The molecule has 0 amide bonds. The minimum Gasteiger partial charge on any atom is -0.508 e. The van der Waals surface area contributed by atoms with Gasteiger partial charge in [-0.2, -0.15) is 0 Å². The van der Waals surface area contributed by atoms with Crippen LogP contribution in [0.4, 0.5) is 4.39 Å². The molecular formula is C11H9FO3. The molecule has 0 spiro atoms. The van der Waals surface area contributed by atoms with Crippen molar-refractivity contribution in [1.29, 1.82) is 0 Å². The third-order valence-electron chi connectivity index (χ3n) is 1.58. The molecule has 0 atom stereocenters. The van der Waals surface area contributed by atoms with E-state index in [4.69, 9.17) is 5.11 Å². The van der Waals surface area contributed by atoms with Crippen molar-refractivity contribution in [3.05, 3.63) is 29.6 Å². The molecule has 1 rings (SSSR count). The van der Waals surface area contributed by atoms with Crippen LogP contribution in [-0.2, 0) is 9.53 Å². The van der Waals surface area contributed by atoms with Crippen molar-refractivity contribution in [2.24, 2.45) is 0 Å². The molecule has 78 valence electrons. The Morgan fingerprint density at radius 1 is 1.53 bits per heavy atom. The number of carbonyl (C=O) groups excluding carboxylic acids is 1. The van der Waals surface area contributed by atoms with Gasteiger partial charge in [-0.05, 0) is 12.1 Å². The van der Waals surface area contributed by atoms with E-state index >= 15 is 0 Å². The van der Waals surface area contributed by atoms with Crippen molar-refractivity contribution in [2.45, 2.75) is 6.42 Å². The van der Waals surface area contributed by atoms with Crippen LogP contribution in [-0.4, -0.2) is 18.2 Å². The second-order valence-corrected chi connectivity index (χ2v) is 2.75. The van der Waals surface area contributed by atoms with Crippen molar-refractivity contribution in [3.63, 3.8) is 0 Å². The number of phenols is 1. The zero-order valence-corrected chi connectivity index (χ0v) is 8.08. The van der Waals surface area contributed by atoms with Gasteiger partial charge in [-0.3, -0.25) is 4.79 Å². The molecule has 0 aliphatic rings. The quantitative estimate of drug-likeness (QED) is 0.561. The van der Waals surface area contributed by atoms with Crippen LogP contribution in [0.5, 0.6) is 5.75 Å². The van der Waals surface area contributed by atoms with Crippen LogP contribution in [0.1, 0.15) is 12.0 Å². The number of carbonyl (C=O) groups is 1. The molecule has 1 N–H and O–H groups in total. The highest BCUT2D eigenvalue weighted by atomic mass is 19.1. The monoisotopic (exact) mass is 208 g/mol. The van der Waals surface area contributed by atoms with Gasteiger partial charge in [0.2, 0.25) is 0 Å². The lowest BCUT2D eigenvalue weighted by Crippen LogP contribution is -1.97. The normalized spacial score (nSPS) is 8.93. The summed E-state index contributed by atoms with van der Waals surface area (Å²) in [6.07, 6.45) is -0.0617. The van der Waals surface area contributed by atoms with Gasteiger partial charge in [0.05, 0.1) is 7.11 Å². The van der Waals surface area contributed by atoms with E-state index in [1.54, 1.807) is 0 Å². The predicted octanol–water partition coefficient (Wildman–Crippen LogP) is 1.45. The number of methoxy groups -OCH3 is 1. The maximum atomic E-state index is 12.8. The first-order valence-corrected chi connectivity index (χ1v) is 4.17. The van der Waals surface area contributed by atoms with Gasteiger partial charge in [-0.15, -0.1) is 0 Å². The molecule has 0 aliphatic carbocycles. The highest BCUT2D eigenvalue weighted by Gasteiger charge is 1.97. The number of hydrogen-bond donors (Lipinski definition) is 1. The number of aromatic hydroxyl groups is 1. The van der Waals surface area contributed by atoms with E-state index in [1.165, 1.54) is 19.2 Å². The third-order valence-corrected chi connectivity index (χ3v) is 1.58. The highest BCUT2D eigenvalue weighted by Crippen LogP contribution is 2.13. The molecule has 15 heavy (non-hydrogen) atoms. The molecule has 0 radical (unpaired) electrons. The fraction of sp³-hybridized carbons (Fsp3) is 0.182. The maximum Gasteiger partial charge on any atom is 0.317 e. The number of esters is 1. The first kappa shape index (κ1) is 11.1. The summed E-state index contributed by atoms with van der Waals surface area (Å²) >= 11 is 0. The Balaban J connectivity index is 2.75. The van der Waals surface area contributed by atoms with Gasteiger partial charge in [0, 0.05) is 11.6 Å². The summed E-state index contributed by atoms with van der Waals surface area (Å²) < 4.78 is 17.1. The largest absolute Gasteiger partial charge is 0.508 e. The van der Waals surface area contributed by atoms with E-state index < -0.39 is 11.8 Å². The summed E-state index contributed by atoms with van der Waals surface area (Å²) in [4.78, 5) is 10.7. The van der Waals surface area contributed by atoms with E-state index in [0.717, 1.165) is 6.07 Å². The second-order valence-electron chi connectivity index (χ2n) is 2.75. The lowest BCUT2D eigenvalue weighted by Gasteiger charge is -1.94. The van der Waals surface area contributed by atoms with Gasteiger partial charge in [0.1, 0.15) is 18.0 Å². The fourth-order valence-corrected chi connectivity index (χ4v) is 0.937. The summed E-state index contributed by atoms with van der Waals surface area (Å²) in [5, 5.41) is 9.05. The average Bonchev–Trinajstić information content (AvgIpc) is 2.16. The Hall–Kier alpha value is -2.02. The Labute approximate surface area is 86.5 Å². The van der Waals surface area contributed by atoms with Crippen LogP contribution < -0.4 is 0 Å². The molecule has 0 aliphatic heterocycles. The van der Waals surface area contributed by atoms with Crippen molar-refractivity contribution in [2.75, 3.05) is 7.11 Å². The van der Waals surface area contributed by atoms with Gasteiger partial charge >= 0.3 is 5.97 Å². The molecule has 1 aromatic carbocycles. The summed E-state index contributed by atoms with van der Waals surface area (Å²) in [5.74, 6) is 3.82. The zero-order chi connectivity index (χ0) is 11.3. The van der Waals surface area contributed by atoms with Gasteiger partial charge < -0.3 is 9.84 Å². The number of benzene rings is 1. The lowest BCUT2D eigenvalue weighted by atomic mass is 10.2. The first-order valence-electron chi connectivity index (χ1n) is 4.17. The SMILES string of the molecule is COC(=O)CC#Cc1cc(O)cc(F)c1. The van der Waals surface area contributed by atoms with Crippen molar-refractivity contribution >= 4 is 5.97 Å². The van der Waals surface area contributed by atoms with Gasteiger partial charge in [-0.25, -0.2) is 4.39 Å². The molecular weight excluding hydrogens is 199 g/mol. The predicted molar refractivity (Wildman–Crippen MR) is 51.6 cm³/mol. The molecule has 3 nitrogen and oxygen atoms in total. The molecule has 0 bridgehead atoms. The molecule has 0 heterocycles. The fourth-order valence-electron chi connectivity index (χ4n) is 0.937. The van der Waals surface area contributed by atoms with E-state index in [2.05, 4.69) is 16.6 Å². The van der Waals surface area contributed by atoms with E-state index in [-0.39, 0.29) is 12.2 Å². The molecule has 0 fully saturated rings. The molecule has 0 saturated heterocycles. The van der Waals surface area contributed by atoms with E-state index in [0.29, 0.717) is 5.56 Å². The van der Waals surface area contributed by atoms with Crippen molar-refractivity contribution in [1.82, 2.24) is 0 Å². The smallest absolute Gasteiger partial charge is 0.317 e. The van der Waals surface area contributed by atoms with Crippen LogP contribution in [0.3, 0.4) is 0 Å². The summed E-state index contributed by atoms with van der Waals surface area (Å²) in [5.41, 5.74) is 0.316. The second kappa shape index (κ2) is 5.01. The molecule has 0 saturated carbocycles. The van der Waals surface area contributed by atoms with Crippen LogP contribution in [0.15, 0.2) is 18.2 Å². The standard InChI is InChI=1S/C11H9FO3/c1-15-11(14)4-2-3-8-5-9(12)7-10(13)6-8/h5-7,13H,4H2,1H3. The zero-order valence-electron chi connectivity index (χ0n) is 8.08. The van der Waals surface area contributed by atoms with Crippen LogP contribution in [0, 0.1) is 17.7 Å². The van der Waals surface area contributed by atoms with Gasteiger partial charge in [0.25, 0.3) is 0 Å². The van der Waals surface area contributed by atoms with Crippen molar-refractivity contribution in [3.8, 4) is 17.6 Å². The first-order chi connectivity index (χ1) is 7.11. The molecule has 4 heteroatoms. The number of hydrogen-bond acceptors (Lipinski definition) is 3. The number of ether oxygens (including phenoxy) is 1. The Morgan fingerprint density at radius 2 is 2.27 bits per heavy atom.